The van der Waals surface area contributed by atoms with Crippen molar-refractivity contribution >= 4 is 11.6 Å². The Hall–Kier alpha value is -1.58. The Labute approximate surface area is 105 Å². The molecule has 3 nitrogen and oxygen atoms in total. The van der Waals surface area contributed by atoms with Crippen LogP contribution in [-0.2, 0) is 11.3 Å². The van der Waals surface area contributed by atoms with Gasteiger partial charge in [-0.2, -0.15) is 5.10 Å². The molecule has 2 aromatic rings. The smallest absolute Gasteiger partial charge is 0.0751 e. The third-order valence-corrected chi connectivity index (χ3v) is 2.48. The summed E-state index contributed by atoms with van der Waals surface area (Å²) in [6.07, 6.45) is 5.45. The van der Waals surface area contributed by atoms with Crippen molar-refractivity contribution in [2.45, 2.75) is 6.61 Å². The molecule has 2 rings (SSSR count). The number of ether oxygens (including phenoxy) is 1. The van der Waals surface area contributed by atoms with Gasteiger partial charge in [0.05, 0.1) is 25.1 Å². The number of hydrogen-bond acceptors (Lipinski definition) is 2. The van der Waals surface area contributed by atoms with Gasteiger partial charge >= 0.3 is 0 Å². The first kappa shape index (κ1) is 11.9. The maximum atomic E-state index is 5.83. The van der Waals surface area contributed by atoms with Crippen LogP contribution in [0.2, 0.25) is 5.02 Å². The number of aromatic nitrogens is 2. The SMILES string of the molecule is C=CCOCc1cnn(-c2ccc(Cl)cc2)c1. The van der Waals surface area contributed by atoms with E-state index in [9.17, 15) is 0 Å². The average Bonchev–Trinajstić information content (AvgIpc) is 2.79. The van der Waals surface area contributed by atoms with Gasteiger partial charge in [-0.15, -0.1) is 6.58 Å². The van der Waals surface area contributed by atoms with Crippen LogP contribution in [0.4, 0.5) is 0 Å². The predicted octanol–water partition coefficient (Wildman–Crippen LogP) is 3.23. The fourth-order valence-corrected chi connectivity index (χ4v) is 1.56. The molecule has 0 atom stereocenters. The third kappa shape index (κ3) is 3.19. The summed E-state index contributed by atoms with van der Waals surface area (Å²) in [4.78, 5) is 0. The first-order chi connectivity index (χ1) is 8.29. The average molecular weight is 249 g/mol. The van der Waals surface area contributed by atoms with Gasteiger partial charge in [0.15, 0.2) is 0 Å². The lowest BCUT2D eigenvalue weighted by Crippen LogP contribution is -1.94. The molecule has 0 saturated heterocycles. The van der Waals surface area contributed by atoms with E-state index in [-0.39, 0.29) is 0 Å². The number of halogens is 1. The minimum atomic E-state index is 0.541. The van der Waals surface area contributed by atoms with E-state index in [2.05, 4.69) is 11.7 Å². The minimum Gasteiger partial charge on any atom is -0.373 e. The highest BCUT2D eigenvalue weighted by Crippen LogP contribution is 2.13. The van der Waals surface area contributed by atoms with E-state index >= 15 is 0 Å². The molecule has 0 spiro atoms. The summed E-state index contributed by atoms with van der Waals surface area (Å²) in [6, 6.07) is 7.52. The van der Waals surface area contributed by atoms with Crippen molar-refractivity contribution in [3.8, 4) is 5.69 Å². The lowest BCUT2D eigenvalue weighted by atomic mass is 10.3. The summed E-state index contributed by atoms with van der Waals surface area (Å²) in [7, 11) is 0. The van der Waals surface area contributed by atoms with Crippen molar-refractivity contribution in [3.05, 3.63) is 59.9 Å². The first-order valence-electron chi connectivity index (χ1n) is 5.28. The van der Waals surface area contributed by atoms with Crippen LogP contribution in [0.15, 0.2) is 49.3 Å². The fourth-order valence-electron chi connectivity index (χ4n) is 1.43. The van der Waals surface area contributed by atoms with Gasteiger partial charge in [-0.3, -0.25) is 0 Å². The third-order valence-electron chi connectivity index (χ3n) is 2.23. The molecular formula is C13H13ClN2O. The van der Waals surface area contributed by atoms with Crippen molar-refractivity contribution in [1.82, 2.24) is 9.78 Å². The van der Waals surface area contributed by atoms with Crippen LogP contribution in [0.1, 0.15) is 5.56 Å². The van der Waals surface area contributed by atoms with E-state index in [0.717, 1.165) is 16.3 Å². The molecule has 0 aliphatic carbocycles. The molecule has 4 heteroatoms. The molecule has 0 amide bonds. The monoisotopic (exact) mass is 248 g/mol. The first-order valence-corrected chi connectivity index (χ1v) is 5.65. The summed E-state index contributed by atoms with van der Waals surface area (Å²) in [5, 5.41) is 4.98. The van der Waals surface area contributed by atoms with Gasteiger partial charge in [-0.25, -0.2) is 4.68 Å². The van der Waals surface area contributed by atoms with Gasteiger partial charge in [0.25, 0.3) is 0 Å². The van der Waals surface area contributed by atoms with Gasteiger partial charge in [0.1, 0.15) is 0 Å². The molecule has 0 unspecified atom stereocenters. The van der Waals surface area contributed by atoms with Crippen LogP contribution < -0.4 is 0 Å². The largest absolute Gasteiger partial charge is 0.373 e. The molecule has 0 bridgehead atoms. The topological polar surface area (TPSA) is 27.1 Å². The molecule has 17 heavy (non-hydrogen) atoms. The van der Waals surface area contributed by atoms with Crippen LogP contribution in [0.25, 0.3) is 5.69 Å². The van der Waals surface area contributed by atoms with E-state index in [4.69, 9.17) is 16.3 Å². The molecule has 0 N–H and O–H groups in total. The van der Waals surface area contributed by atoms with Crippen molar-refractivity contribution in [2.75, 3.05) is 6.61 Å². The summed E-state index contributed by atoms with van der Waals surface area (Å²) >= 11 is 5.83. The number of hydrogen-bond donors (Lipinski definition) is 0. The van der Waals surface area contributed by atoms with Crippen molar-refractivity contribution in [1.29, 1.82) is 0 Å². The van der Waals surface area contributed by atoms with Gasteiger partial charge in [0, 0.05) is 16.8 Å². The maximum absolute atomic E-state index is 5.83. The molecule has 1 heterocycles. The molecule has 0 radical (unpaired) electrons. The van der Waals surface area contributed by atoms with E-state index in [1.807, 2.05) is 30.5 Å². The normalized spacial score (nSPS) is 10.4. The molecule has 0 fully saturated rings. The van der Waals surface area contributed by atoms with Crippen LogP contribution in [-0.4, -0.2) is 16.4 Å². The zero-order chi connectivity index (χ0) is 12.1. The molecule has 0 aliphatic rings. The standard InChI is InChI=1S/C13H13ClN2O/c1-2-7-17-10-11-8-15-16(9-11)13-5-3-12(14)4-6-13/h2-6,8-9H,1,7,10H2. The second kappa shape index (κ2) is 5.66. The van der Waals surface area contributed by atoms with Gasteiger partial charge in [0.2, 0.25) is 0 Å². The van der Waals surface area contributed by atoms with E-state index in [1.54, 1.807) is 17.0 Å². The number of rotatable bonds is 5. The highest BCUT2D eigenvalue weighted by atomic mass is 35.5. The predicted molar refractivity (Wildman–Crippen MR) is 68.4 cm³/mol. The van der Waals surface area contributed by atoms with E-state index in [0.29, 0.717) is 13.2 Å². The summed E-state index contributed by atoms with van der Waals surface area (Å²) < 4.78 is 7.14. The number of benzene rings is 1. The zero-order valence-corrected chi connectivity index (χ0v) is 10.1. The Morgan fingerprint density at radius 2 is 2.12 bits per heavy atom. The second-order valence-electron chi connectivity index (χ2n) is 3.57. The maximum Gasteiger partial charge on any atom is 0.0751 e. The highest BCUT2D eigenvalue weighted by Gasteiger charge is 2.00. The van der Waals surface area contributed by atoms with Crippen molar-refractivity contribution in [3.63, 3.8) is 0 Å². The summed E-state index contributed by atoms with van der Waals surface area (Å²) in [5.74, 6) is 0. The Morgan fingerprint density at radius 1 is 1.35 bits per heavy atom. The molecular weight excluding hydrogens is 236 g/mol. The van der Waals surface area contributed by atoms with E-state index in [1.165, 1.54) is 0 Å². The van der Waals surface area contributed by atoms with Crippen LogP contribution in [0.3, 0.4) is 0 Å². The van der Waals surface area contributed by atoms with Gasteiger partial charge in [-0.05, 0) is 24.3 Å². The lowest BCUT2D eigenvalue weighted by Gasteiger charge is -2.00. The van der Waals surface area contributed by atoms with Crippen LogP contribution in [0, 0.1) is 0 Å². The summed E-state index contributed by atoms with van der Waals surface area (Å²) in [5.41, 5.74) is 2.01. The molecule has 0 aliphatic heterocycles. The van der Waals surface area contributed by atoms with Crippen LogP contribution >= 0.6 is 11.6 Å². The Kier molecular flexibility index (Phi) is 3.96. The number of nitrogens with zero attached hydrogens (tertiary/aromatic N) is 2. The minimum absolute atomic E-state index is 0.541. The lowest BCUT2D eigenvalue weighted by molar-refractivity contribution is 0.149. The molecule has 0 saturated carbocycles. The Morgan fingerprint density at radius 3 is 2.82 bits per heavy atom. The Balaban J connectivity index is 2.07. The molecule has 1 aromatic heterocycles. The molecule has 1 aromatic carbocycles. The van der Waals surface area contributed by atoms with Gasteiger partial charge < -0.3 is 4.74 Å². The molecule has 88 valence electrons. The highest BCUT2D eigenvalue weighted by molar-refractivity contribution is 6.30. The quantitative estimate of drug-likeness (QED) is 0.600. The van der Waals surface area contributed by atoms with Crippen molar-refractivity contribution < 1.29 is 4.74 Å². The van der Waals surface area contributed by atoms with Crippen LogP contribution in [0.5, 0.6) is 0 Å². The second-order valence-corrected chi connectivity index (χ2v) is 4.01. The Bertz CT molecular complexity index is 490. The fraction of sp³-hybridized carbons (Fsp3) is 0.154. The van der Waals surface area contributed by atoms with Crippen molar-refractivity contribution in [2.24, 2.45) is 0 Å². The van der Waals surface area contributed by atoms with Gasteiger partial charge in [-0.1, -0.05) is 17.7 Å². The zero-order valence-electron chi connectivity index (χ0n) is 9.34. The van der Waals surface area contributed by atoms with E-state index < -0.39 is 0 Å². The summed E-state index contributed by atoms with van der Waals surface area (Å²) in [6.45, 7) is 4.68.